The average Bonchev–Trinajstić information content (AvgIpc) is 2.81. The fraction of sp³-hybridized carbons (Fsp3) is 0.562. The molecule has 1 aromatic rings. The average molecular weight is 277 g/mol. The first-order chi connectivity index (χ1) is 9.65. The van der Waals surface area contributed by atoms with Crippen LogP contribution in [0, 0.1) is 5.92 Å². The molecule has 0 bridgehead atoms. The Hall–Kier alpha value is -1.39. The third kappa shape index (κ3) is 3.38. The zero-order valence-electron chi connectivity index (χ0n) is 12.2. The van der Waals surface area contributed by atoms with Crippen molar-refractivity contribution in [2.45, 2.75) is 32.4 Å². The van der Waals surface area contributed by atoms with E-state index in [-0.39, 0.29) is 18.6 Å². The lowest BCUT2D eigenvalue weighted by Gasteiger charge is -2.26. The van der Waals surface area contributed by atoms with E-state index in [0.29, 0.717) is 12.3 Å². The van der Waals surface area contributed by atoms with Gasteiger partial charge in [-0.3, -0.25) is 9.69 Å². The summed E-state index contributed by atoms with van der Waals surface area (Å²) in [7, 11) is 1.41. The molecule has 0 spiro atoms. The monoisotopic (exact) mass is 277 g/mol. The highest BCUT2D eigenvalue weighted by Gasteiger charge is 2.30. The molecule has 1 heterocycles. The molecule has 1 fully saturated rings. The largest absolute Gasteiger partial charge is 0.469 e. The predicted molar refractivity (Wildman–Crippen MR) is 77.2 cm³/mol. The minimum absolute atomic E-state index is 0.195. The van der Waals surface area contributed by atoms with Crippen molar-refractivity contribution >= 4 is 5.97 Å². The molecule has 1 N–H and O–H groups in total. The van der Waals surface area contributed by atoms with Gasteiger partial charge in [-0.2, -0.15) is 0 Å². The summed E-state index contributed by atoms with van der Waals surface area (Å²) in [6.45, 7) is 4.16. The zero-order valence-corrected chi connectivity index (χ0v) is 12.2. The minimum atomic E-state index is -0.217. The van der Waals surface area contributed by atoms with Crippen molar-refractivity contribution in [1.29, 1.82) is 0 Å². The molecule has 20 heavy (non-hydrogen) atoms. The lowest BCUT2D eigenvalue weighted by Crippen LogP contribution is -2.35. The Labute approximate surface area is 120 Å². The molecule has 0 radical (unpaired) electrons. The van der Waals surface area contributed by atoms with Gasteiger partial charge in [-0.25, -0.2) is 0 Å². The first-order valence-corrected chi connectivity index (χ1v) is 7.14. The summed E-state index contributed by atoms with van der Waals surface area (Å²) >= 11 is 0. The van der Waals surface area contributed by atoms with E-state index >= 15 is 0 Å². The van der Waals surface area contributed by atoms with Gasteiger partial charge >= 0.3 is 5.97 Å². The van der Waals surface area contributed by atoms with Crippen molar-refractivity contribution < 1.29 is 14.6 Å². The fourth-order valence-corrected chi connectivity index (χ4v) is 2.91. The van der Waals surface area contributed by atoms with Crippen molar-refractivity contribution in [2.24, 2.45) is 5.92 Å². The molecule has 2 rings (SSSR count). The summed E-state index contributed by atoms with van der Waals surface area (Å²) in [5, 5.41) is 9.52. The Kier molecular flexibility index (Phi) is 5.15. The van der Waals surface area contributed by atoms with E-state index in [2.05, 4.69) is 17.9 Å². The van der Waals surface area contributed by atoms with Crippen LogP contribution in [0.2, 0.25) is 0 Å². The van der Waals surface area contributed by atoms with Crippen LogP contribution in [0.4, 0.5) is 0 Å². The number of hydrogen-bond acceptors (Lipinski definition) is 4. The van der Waals surface area contributed by atoms with E-state index in [9.17, 15) is 9.90 Å². The maximum Gasteiger partial charge on any atom is 0.309 e. The molecule has 4 nitrogen and oxygen atoms in total. The van der Waals surface area contributed by atoms with Gasteiger partial charge in [0.05, 0.1) is 20.1 Å². The molecule has 0 aliphatic carbocycles. The second-order valence-corrected chi connectivity index (χ2v) is 5.51. The van der Waals surface area contributed by atoms with Crippen LogP contribution in [0.3, 0.4) is 0 Å². The number of likely N-dealkylation sites (tertiary alicyclic amines) is 1. The van der Waals surface area contributed by atoms with Crippen LogP contribution < -0.4 is 0 Å². The number of rotatable bonds is 5. The molecule has 1 aliphatic heterocycles. The molecular weight excluding hydrogens is 254 g/mol. The van der Waals surface area contributed by atoms with Gasteiger partial charge in [0.1, 0.15) is 0 Å². The summed E-state index contributed by atoms with van der Waals surface area (Å²) in [5.41, 5.74) is 2.15. The number of ether oxygens (including phenoxy) is 1. The van der Waals surface area contributed by atoms with Crippen LogP contribution in [-0.2, 0) is 22.5 Å². The van der Waals surface area contributed by atoms with E-state index in [4.69, 9.17) is 4.74 Å². The Morgan fingerprint density at radius 3 is 2.75 bits per heavy atom. The number of aliphatic hydroxyl groups excluding tert-OH is 1. The highest BCUT2D eigenvalue weighted by atomic mass is 16.5. The lowest BCUT2D eigenvalue weighted by atomic mass is 10.0. The number of hydrogen-bond donors (Lipinski definition) is 1. The number of esters is 1. The number of carbonyl (C=O) groups is 1. The maximum absolute atomic E-state index is 11.5. The second kappa shape index (κ2) is 6.86. The van der Waals surface area contributed by atoms with Gasteiger partial charge in [-0.15, -0.1) is 0 Å². The highest BCUT2D eigenvalue weighted by Crippen LogP contribution is 2.26. The van der Waals surface area contributed by atoms with Crippen molar-refractivity contribution in [2.75, 3.05) is 20.3 Å². The smallest absolute Gasteiger partial charge is 0.309 e. The standard InChI is InChI=1S/C16H23NO3/c1-12-7-8-17(15(12)11-18)10-14-6-4-3-5-13(14)9-16(19)20-2/h3-6,12,15,18H,7-11H2,1-2H3. The third-order valence-corrected chi connectivity index (χ3v) is 4.24. The Morgan fingerprint density at radius 2 is 2.10 bits per heavy atom. The van der Waals surface area contributed by atoms with Crippen molar-refractivity contribution in [3.8, 4) is 0 Å². The van der Waals surface area contributed by atoms with Gasteiger partial charge in [-0.1, -0.05) is 31.2 Å². The molecule has 1 aromatic carbocycles. The quantitative estimate of drug-likeness (QED) is 0.831. The maximum atomic E-state index is 11.5. The van der Waals surface area contributed by atoms with Crippen LogP contribution in [0.1, 0.15) is 24.5 Å². The molecule has 1 saturated heterocycles. The van der Waals surface area contributed by atoms with E-state index in [0.717, 1.165) is 30.6 Å². The molecule has 4 heteroatoms. The summed E-state index contributed by atoms with van der Waals surface area (Å²) in [5.74, 6) is 0.304. The number of aliphatic hydroxyl groups is 1. The van der Waals surface area contributed by atoms with Crippen LogP contribution in [0.25, 0.3) is 0 Å². The van der Waals surface area contributed by atoms with E-state index < -0.39 is 0 Å². The van der Waals surface area contributed by atoms with Crippen molar-refractivity contribution in [1.82, 2.24) is 4.90 Å². The van der Waals surface area contributed by atoms with Gasteiger partial charge in [-0.05, 0) is 30.0 Å². The van der Waals surface area contributed by atoms with Gasteiger partial charge in [0.2, 0.25) is 0 Å². The first-order valence-electron chi connectivity index (χ1n) is 7.14. The van der Waals surface area contributed by atoms with Crippen LogP contribution >= 0.6 is 0 Å². The molecule has 110 valence electrons. The molecular formula is C16H23NO3. The number of carbonyl (C=O) groups excluding carboxylic acids is 1. The van der Waals surface area contributed by atoms with Gasteiger partial charge in [0.15, 0.2) is 0 Å². The zero-order chi connectivity index (χ0) is 14.5. The molecule has 0 aromatic heterocycles. The summed E-state index contributed by atoms with van der Waals surface area (Å²) < 4.78 is 4.75. The SMILES string of the molecule is COC(=O)Cc1ccccc1CN1CCC(C)C1CO. The Balaban J connectivity index is 2.11. The number of methoxy groups -OCH3 is 1. The number of benzene rings is 1. The normalized spacial score (nSPS) is 22.9. The van der Waals surface area contributed by atoms with Crippen LogP contribution in [0.5, 0.6) is 0 Å². The minimum Gasteiger partial charge on any atom is -0.469 e. The number of nitrogens with zero attached hydrogens (tertiary/aromatic N) is 1. The topological polar surface area (TPSA) is 49.8 Å². The first kappa shape index (κ1) is 15.0. The Bertz CT molecular complexity index is 461. The van der Waals surface area contributed by atoms with Crippen LogP contribution in [-0.4, -0.2) is 42.3 Å². The molecule has 2 atom stereocenters. The molecule has 0 saturated carbocycles. The summed E-state index contributed by atoms with van der Waals surface area (Å²) in [4.78, 5) is 13.8. The van der Waals surface area contributed by atoms with Crippen LogP contribution in [0.15, 0.2) is 24.3 Å². The molecule has 1 aliphatic rings. The molecule has 2 unspecified atom stereocenters. The lowest BCUT2D eigenvalue weighted by molar-refractivity contribution is -0.139. The van der Waals surface area contributed by atoms with E-state index in [1.54, 1.807) is 0 Å². The van der Waals surface area contributed by atoms with Crippen molar-refractivity contribution in [3.05, 3.63) is 35.4 Å². The summed E-state index contributed by atoms with van der Waals surface area (Å²) in [6.07, 6.45) is 1.42. The third-order valence-electron chi connectivity index (χ3n) is 4.24. The Morgan fingerprint density at radius 1 is 1.40 bits per heavy atom. The predicted octanol–water partition coefficient (Wildman–Crippen LogP) is 1.60. The van der Waals surface area contributed by atoms with Crippen molar-refractivity contribution in [3.63, 3.8) is 0 Å². The molecule has 0 amide bonds. The van der Waals surface area contributed by atoms with Gasteiger partial charge in [0, 0.05) is 12.6 Å². The second-order valence-electron chi connectivity index (χ2n) is 5.51. The highest BCUT2D eigenvalue weighted by molar-refractivity contribution is 5.72. The van der Waals surface area contributed by atoms with Gasteiger partial charge in [0.25, 0.3) is 0 Å². The summed E-state index contributed by atoms with van der Waals surface area (Å²) in [6, 6.07) is 8.18. The van der Waals surface area contributed by atoms with Gasteiger partial charge < -0.3 is 9.84 Å². The van der Waals surface area contributed by atoms with E-state index in [1.807, 2.05) is 18.2 Å². The fourth-order valence-electron chi connectivity index (χ4n) is 2.91. The van der Waals surface area contributed by atoms with E-state index in [1.165, 1.54) is 7.11 Å².